The summed E-state index contributed by atoms with van der Waals surface area (Å²) >= 11 is 0. The van der Waals surface area contributed by atoms with Crippen molar-refractivity contribution in [2.24, 2.45) is 17.8 Å². The number of aromatic amines is 1. The number of nitro benzene ring substituents is 1. The van der Waals surface area contributed by atoms with E-state index in [-0.39, 0.29) is 36.0 Å². The summed E-state index contributed by atoms with van der Waals surface area (Å²) in [6.07, 6.45) is -1.24. The number of Topliss-reactive ketones (excluding diaryl/α,β-unsaturated/α-hetero) is 1. The summed E-state index contributed by atoms with van der Waals surface area (Å²) in [6.45, 7) is 8.89. The molecule has 0 saturated carbocycles. The number of hydrogen-bond donors (Lipinski definition) is 7. The van der Waals surface area contributed by atoms with Gasteiger partial charge in [0.1, 0.15) is 30.1 Å². The van der Waals surface area contributed by atoms with Crippen molar-refractivity contribution in [3.05, 3.63) is 49.0 Å². The Morgan fingerprint density at radius 3 is 2.12 bits per heavy atom. The van der Waals surface area contributed by atoms with Gasteiger partial charge in [0.25, 0.3) is 16.8 Å². The summed E-state index contributed by atoms with van der Waals surface area (Å²) in [6, 6.07) is -1.80. The lowest BCUT2D eigenvalue weighted by atomic mass is 9.94. The zero-order chi connectivity index (χ0) is 39.0. The van der Waals surface area contributed by atoms with Crippen molar-refractivity contribution in [1.82, 2.24) is 36.4 Å². The van der Waals surface area contributed by atoms with E-state index in [2.05, 4.69) is 31.7 Å². The van der Waals surface area contributed by atoms with Crippen molar-refractivity contribution in [3.8, 4) is 0 Å². The van der Waals surface area contributed by atoms with E-state index in [1.54, 1.807) is 27.7 Å². The normalized spacial score (nSPS) is 17.1. The van der Waals surface area contributed by atoms with E-state index >= 15 is 0 Å². The number of ketones is 1. The molecule has 1 fully saturated rings. The molecule has 52 heavy (non-hydrogen) atoms. The first-order chi connectivity index (χ1) is 24.3. The van der Waals surface area contributed by atoms with Crippen LogP contribution >= 0.6 is 0 Å². The molecule has 6 atom stereocenters. The van der Waals surface area contributed by atoms with Crippen molar-refractivity contribution in [2.75, 3.05) is 6.54 Å². The number of rotatable bonds is 17. The first kappa shape index (κ1) is 41.0. The molecule has 1 aromatic heterocycles. The highest BCUT2D eigenvalue weighted by Crippen LogP contribution is 2.20. The fraction of sp³-hybridized carbons (Fsp3) is 0.576. The maximum absolute atomic E-state index is 13.8. The number of non-ortho nitro benzene ring substituents is 1. The van der Waals surface area contributed by atoms with Gasteiger partial charge < -0.3 is 31.7 Å². The second kappa shape index (κ2) is 17.7. The number of carbonyl (C=O) groups is 6. The Morgan fingerprint density at radius 1 is 0.942 bits per heavy atom. The van der Waals surface area contributed by atoms with Gasteiger partial charge in [0.05, 0.1) is 22.5 Å². The summed E-state index contributed by atoms with van der Waals surface area (Å²) in [5.41, 5.74) is -2.51. The molecule has 2 heterocycles. The molecule has 19 nitrogen and oxygen atoms in total. The predicted octanol–water partition coefficient (Wildman–Crippen LogP) is -1.26. The molecule has 2 aromatic rings. The number of benzene rings is 1. The van der Waals surface area contributed by atoms with Crippen molar-refractivity contribution in [3.63, 3.8) is 0 Å². The smallest absolute Gasteiger partial charge is 0.283 e. The molecule has 0 radical (unpaired) electrons. The number of nitro groups is 1. The SMILES string of the molecule is CC(=O)N[C@H](C(=O)N[C@H](C(=O)N[C@@H](CC(C)C)C(=O)N[C@@H](C[C@@H]1CCNC1=O)C(=O)Cn1[nH]c(=O)c2c([N+](=O)[O-])cccc2c1=O)C(C)O)C(C)C. The van der Waals surface area contributed by atoms with Crippen molar-refractivity contribution >= 4 is 51.8 Å². The van der Waals surface area contributed by atoms with Crippen LogP contribution in [0.15, 0.2) is 27.8 Å². The molecule has 1 aromatic carbocycles. The lowest BCUT2D eigenvalue weighted by Crippen LogP contribution is -2.61. The third-order valence-corrected chi connectivity index (χ3v) is 8.59. The number of nitrogens with one attached hydrogen (secondary N) is 6. The number of hydrogen-bond acceptors (Lipinski definition) is 11. The van der Waals surface area contributed by atoms with Crippen LogP contribution in [-0.2, 0) is 35.3 Å². The molecule has 7 N–H and O–H groups in total. The van der Waals surface area contributed by atoms with Crippen LogP contribution in [0.3, 0.4) is 0 Å². The van der Waals surface area contributed by atoms with E-state index in [9.17, 15) is 53.6 Å². The van der Waals surface area contributed by atoms with Gasteiger partial charge in [-0.1, -0.05) is 33.8 Å². The minimum Gasteiger partial charge on any atom is -0.391 e. The van der Waals surface area contributed by atoms with Crippen LogP contribution in [0.4, 0.5) is 5.69 Å². The number of amides is 5. The summed E-state index contributed by atoms with van der Waals surface area (Å²) < 4.78 is 0.666. The molecule has 1 aliphatic rings. The number of aliphatic hydroxyl groups excluding tert-OH is 1. The zero-order valence-electron chi connectivity index (χ0n) is 29.8. The third kappa shape index (κ3) is 10.3. The van der Waals surface area contributed by atoms with Gasteiger partial charge in [0.2, 0.25) is 29.5 Å². The second-order valence-corrected chi connectivity index (χ2v) is 13.7. The minimum absolute atomic E-state index is 0.0413. The molecular formula is C33H46N8O11. The third-order valence-electron chi connectivity index (χ3n) is 8.59. The lowest BCUT2D eigenvalue weighted by Gasteiger charge is -2.29. The maximum Gasteiger partial charge on any atom is 0.283 e. The largest absolute Gasteiger partial charge is 0.391 e. The van der Waals surface area contributed by atoms with Crippen LogP contribution < -0.4 is 37.7 Å². The van der Waals surface area contributed by atoms with E-state index in [4.69, 9.17) is 0 Å². The molecule has 1 unspecified atom stereocenters. The monoisotopic (exact) mass is 730 g/mol. The molecule has 0 bridgehead atoms. The number of aromatic nitrogens is 2. The van der Waals surface area contributed by atoms with Crippen molar-refractivity contribution < 1.29 is 38.8 Å². The Hall–Kier alpha value is -5.46. The summed E-state index contributed by atoms with van der Waals surface area (Å²) in [4.78, 5) is 115. The van der Waals surface area contributed by atoms with Gasteiger partial charge in [-0.2, -0.15) is 0 Å². The summed E-state index contributed by atoms with van der Waals surface area (Å²) in [7, 11) is 0. The highest BCUT2D eigenvalue weighted by molar-refractivity contribution is 5.96. The van der Waals surface area contributed by atoms with Crippen LogP contribution in [0.2, 0.25) is 0 Å². The average Bonchev–Trinajstić information content (AvgIpc) is 3.46. The van der Waals surface area contributed by atoms with Gasteiger partial charge in [0, 0.05) is 25.5 Å². The van der Waals surface area contributed by atoms with Crippen LogP contribution in [0.25, 0.3) is 10.8 Å². The van der Waals surface area contributed by atoms with Gasteiger partial charge in [-0.15, -0.1) is 0 Å². The average molecular weight is 731 g/mol. The number of carbonyl (C=O) groups excluding carboxylic acids is 6. The van der Waals surface area contributed by atoms with Gasteiger partial charge >= 0.3 is 0 Å². The number of H-pyrrole nitrogens is 1. The maximum atomic E-state index is 13.8. The van der Waals surface area contributed by atoms with Gasteiger partial charge in [-0.05, 0) is 44.1 Å². The van der Waals surface area contributed by atoms with Crippen molar-refractivity contribution in [2.45, 2.75) is 97.6 Å². The Balaban J connectivity index is 1.90. The quantitative estimate of drug-likeness (QED) is 0.0745. The topological polar surface area (TPSA) is 281 Å². The molecule has 1 saturated heterocycles. The van der Waals surface area contributed by atoms with Crippen molar-refractivity contribution in [1.29, 1.82) is 0 Å². The molecule has 0 spiro atoms. The highest BCUT2D eigenvalue weighted by atomic mass is 16.6. The van der Waals surface area contributed by atoms with Gasteiger partial charge in [-0.3, -0.25) is 53.6 Å². The van der Waals surface area contributed by atoms with Gasteiger partial charge in [-0.25, -0.2) is 4.68 Å². The second-order valence-electron chi connectivity index (χ2n) is 13.7. The molecule has 5 amide bonds. The number of fused-ring (bicyclic) bond motifs is 1. The van der Waals surface area contributed by atoms with E-state index in [0.717, 1.165) is 6.07 Å². The molecule has 3 rings (SSSR count). The zero-order valence-corrected chi connectivity index (χ0v) is 29.8. The summed E-state index contributed by atoms with van der Waals surface area (Å²) in [5, 5.41) is 36.0. The van der Waals surface area contributed by atoms with Gasteiger partial charge in [0.15, 0.2) is 5.78 Å². The lowest BCUT2D eigenvalue weighted by molar-refractivity contribution is -0.383. The minimum atomic E-state index is -1.54. The van der Waals surface area contributed by atoms with Crippen LogP contribution in [0.5, 0.6) is 0 Å². The fourth-order valence-electron chi connectivity index (χ4n) is 5.93. The van der Waals surface area contributed by atoms with Crippen LogP contribution in [0.1, 0.15) is 60.8 Å². The van der Waals surface area contributed by atoms with E-state index < -0.39 is 99.3 Å². The van der Waals surface area contributed by atoms with Crippen LogP contribution in [-0.4, -0.2) is 91.9 Å². The first-order valence-corrected chi connectivity index (χ1v) is 16.9. The standard InChI is InChI=1S/C33H46N8O11/c1-15(2)12-22(37-32(49)27(17(5)42)38-31(48)26(16(3)4)35-18(6)43)29(46)36-21(13-19-10-11-34-28(19)45)24(44)14-40-33(50)20-8-7-9-23(41(51)52)25(20)30(47)39-40/h7-9,15-17,19,21-22,26-27,42H,10-14H2,1-6H3,(H,34,45)(H,35,43)(H,36,46)(H,37,49)(H,38,48)(H,39,47)/t17?,19-,21-,22-,26-,27-/m0/s1. The molecule has 284 valence electrons. The Kier molecular flexibility index (Phi) is 13.9. The number of nitrogens with zero attached hydrogens (tertiary/aromatic N) is 2. The molecule has 1 aliphatic heterocycles. The molecule has 0 aliphatic carbocycles. The van der Waals surface area contributed by atoms with Crippen LogP contribution in [0, 0.1) is 27.9 Å². The fourth-order valence-corrected chi connectivity index (χ4v) is 5.93. The Labute approximate surface area is 297 Å². The summed E-state index contributed by atoms with van der Waals surface area (Å²) in [5.74, 6) is -5.43. The molecule has 19 heteroatoms. The molecular weight excluding hydrogens is 684 g/mol. The first-order valence-electron chi connectivity index (χ1n) is 16.9. The predicted molar refractivity (Wildman–Crippen MR) is 186 cm³/mol. The highest BCUT2D eigenvalue weighted by Gasteiger charge is 2.36. The Morgan fingerprint density at radius 2 is 1.58 bits per heavy atom. The number of aliphatic hydroxyl groups is 1. The van der Waals surface area contributed by atoms with E-state index in [1.165, 1.54) is 26.0 Å². The van der Waals surface area contributed by atoms with E-state index in [0.29, 0.717) is 17.6 Å². The Bertz CT molecular complexity index is 1830. The van der Waals surface area contributed by atoms with E-state index in [1.807, 2.05) is 0 Å².